The number of phenols is 1. The highest BCUT2D eigenvalue weighted by molar-refractivity contribution is 9.10. The van der Waals surface area contributed by atoms with E-state index in [1.807, 2.05) is 0 Å². The summed E-state index contributed by atoms with van der Waals surface area (Å²) in [7, 11) is 0. The van der Waals surface area contributed by atoms with Gasteiger partial charge in [-0.2, -0.15) is 15.4 Å². The molecule has 0 radical (unpaired) electrons. The summed E-state index contributed by atoms with van der Waals surface area (Å²) in [4.78, 5) is 11.1. The van der Waals surface area contributed by atoms with E-state index in [4.69, 9.17) is 5.73 Å². The maximum atomic E-state index is 11.1. The molecule has 0 spiro atoms. The third-order valence-corrected chi connectivity index (χ3v) is 2.49. The first-order valence-corrected chi connectivity index (χ1v) is 5.08. The van der Waals surface area contributed by atoms with Gasteiger partial charge in [-0.15, -0.1) is 0 Å². The number of halogens is 1. The average molecular weight is 283 g/mol. The number of aromatic hydroxyl groups is 1. The van der Waals surface area contributed by atoms with E-state index in [2.05, 4.69) is 31.3 Å². The molecule has 7 heteroatoms. The minimum Gasteiger partial charge on any atom is -0.507 e. The molecule has 16 heavy (non-hydrogen) atoms. The van der Waals surface area contributed by atoms with Crippen LogP contribution in [0.5, 0.6) is 5.75 Å². The Morgan fingerprint density at radius 2 is 2.19 bits per heavy atom. The van der Waals surface area contributed by atoms with Crippen LogP contribution in [-0.4, -0.2) is 26.4 Å². The second-order valence-electron chi connectivity index (χ2n) is 3.05. The zero-order valence-corrected chi connectivity index (χ0v) is 9.52. The second-order valence-corrected chi connectivity index (χ2v) is 3.96. The van der Waals surface area contributed by atoms with Gasteiger partial charge in [0.05, 0.1) is 0 Å². The molecule has 0 aliphatic carbocycles. The summed E-state index contributed by atoms with van der Waals surface area (Å²) in [5.41, 5.74) is 5.74. The molecule has 1 aromatic carbocycles. The molecule has 0 saturated carbocycles. The summed E-state index contributed by atoms with van der Waals surface area (Å²) < 4.78 is 0.749. The number of hydrogen-bond donors (Lipinski definition) is 3. The Kier molecular flexibility index (Phi) is 2.61. The van der Waals surface area contributed by atoms with Gasteiger partial charge < -0.3 is 10.8 Å². The van der Waals surface area contributed by atoms with Crippen LogP contribution in [0, 0.1) is 0 Å². The van der Waals surface area contributed by atoms with Crippen LogP contribution in [0.15, 0.2) is 22.7 Å². The van der Waals surface area contributed by atoms with Gasteiger partial charge in [-0.25, -0.2) is 0 Å². The van der Waals surface area contributed by atoms with E-state index in [0.717, 1.165) is 4.47 Å². The summed E-state index contributed by atoms with van der Waals surface area (Å²) in [5, 5.41) is 19.4. The number of primary amides is 1. The first-order valence-electron chi connectivity index (χ1n) is 4.29. The Balaban J connectivity index is 2.62. The number of hydrogen-bond acceptors (Lipinski definition) is 4. The van der Waals surface area contributed by atoms with Crippen LogP contribution >= 0.6 is 15.9 Å². The quantitative estimate of drug-likeness (QED) is 0.765. The maximum absolute atomic E-state index is 11.1. The third-order valence-electron chi connectivity index (χ3n) is 2.00. The Morgan fingerprint density at radius 1 is 1.44 bits per heavy atom. The van der Waals surface area contributed by atoms with E-state index in [9.17, 15) is 9.90 Å². The Morgan fingerprint density at radius 3 is 2.88 bits per heavy atom. The van der Waals surface area contributed by atoms with Gasteiger partial charge in [0, 0.05) is 10.0 Å². The number of aromatic amines is 1. The fraction of sp³-hybridized carbons (Fsp3) is 0. The first-order chi connectivity index (χ1) is 7.59. The molecule has 0 unspecified atom stereocenters. The summed E-state index contributed by atoms with van der Waals surface area (Å²) in [5.74, 6) is -0.706. The minimum absolute atomic E-state index is 0.000370. The fourth-order valence-corrected chi connectivity index (χ4v) is 1.65. The highest BCUT2D eigenvalue weighted by atomic mass is 79.9. The van der Waals surface area contributed by atoms with Crippen molar-refractivity contribution in [2.45, 2.75) is 0 Å². The van der Waals surface area contributed by atoms with E-state index >= 15 is 0 Å². The summed E-state index contributed by atoms with van der Waals surface area (Å²) in [6, 6.07) is 4.78. The standard InChI is InChI=1S/C9H7BrN4O2/c10-4-1-2-6(15)5(3-4)7-8(9(11)16)13-14-12-7/h1-3,15H,(H2,11,16)(H,12,13,14). The molecule has 4 N–H and O–H groups in total. The zero-order valence-electron chi connectivity index (χ0n) is 7.94. The lowest BCUT2D eigenvalue weighted by Crippen LogP contribution is -2.12. The van der Waals surface area contributed by atoms with Crippen LogP contribution in [0.1, 0.15) is 10.5 Å². The molecule has 82 valence electrons. The van der Waals surface area contributed by atoms with Crippen LogP contribution < -0.4 is 5.73 Å². The molecule has 0 aliphatic heterocycles. The second kappa shape index (κ2) is 3.93. The van der Waals surface area contributed by atoms with Crippen LogP contribution in [0.2, 0.25) is 0 Å². The van der Waals surface area contributed by atoms with Crippen molar-refractivity contribution in [3.05, 3.63) is 28.4 Å². The highest BCUT2D eigenvalue weighted by Crippen LogP contribution is 2.31. The lowest BCUT2D eigenvalue weighted by molar-refractivity contribution is 0.0996. The number of nitrogens with two attached hydrogens (primary N) is 1. The van der Waals surface area contributed by atoms with Gasteiger partial charge in [0.2, 0.25) is 0 Å². The summed E-state index contributed by atoms with van der Waals surface area (Å²) >= 11 is 3.26. The lowest BCUT2D eigenvalue weighted by Gasteiger charge is -2.02. The van der Waals surface area contributed by atoms with E-state index in [1.165, 1.54) is 6.07 Å². The molecule has 1 aromatic heterocycles. The van der Waals surface area contributed by atoms with E-state index in [0.29, 0.717) is 5.56 Å². The molecule has 0 fully saturated rings. The van der Waals surface area contributed by atoms with Crippen LogP contribution in [0.25, 0.3) is 11.3 Å². The van der Waals surface area contributed by atoms with Crippen molar-refractivity contribution >= 4 is 21.8 Å². The molecule has 0 bridgehead atoms. The van der Waals surface area contributed by atoms with Crippen molar-refractivity contribution in [3.8, 4) is 17.0 Å². The summed E-state index contributed by atoms with van der Waals surface area (Å²) in [6.07, 6.45) is 0. The van der Waals surface area contributed by atoms with Crippen LogP contribution in [0.4, 0.5) is 0 Å². The molecule has 2 rings (SSSR count). The van der Waals surface area contributed by atoms with E-state index in [1.54, 1.807) is 12.1 Å². The third kappa shape index (κ3) is 1.76. The SMILES string of the molecule is NC(=O)c1n[nH]nc1-c1cc(Br)ccc1O. The normalized spacial score (nSPS) is 10.3. The predicted molar refractivity (Wildman–Crippen MR) is 59.7 cm³/mol. The minimum atomic E-state index is -0.705. The molecule has 6 nitrogen and oxygen atoms in total. The fourth-order valence-electron chi connectivity index (χ4n) is 1.29. The topological polar surface area (TPSA) is 105 Å². The molecule has 1 amide bonds. The number of rotatable bonds is 2. The monoisotopic (exact) mass is 282 g/mol. The van der Waals surface area contributed by atoms with Gasteiger partial charge in [0.15, 0.2) is 5.69 Å². The van der Waals surface area contributed by atoms with Crippen molar-refractivity contribution in [2.75, 3.05) is 0 Å². The summed E-state index contributed by atoms with van der Waals surface area (Å²) in [6.45, 7) is 0. The number of aromatic nitrogens is 3. The number of amides is 1. The molecule has 0 saturated heterocycles. The van der Waals surface area contributed by atoms with Crippen LogP contribution in [0.3, 0.4) is 0 Å². The van der Waals surface area contributed by atoms with Gasteiger partial charge in [-0.05, 0) is 18.2 Å². The number of nitrogens with zero attached hydrogens (tertiary/aromatic N) is 2. The Labute approximate surface area is 98.6 Å². The van der Waals surface area contributed by atoms with Crippen molar-refractivity contribution in [2.24, 2.45) is 5.73 Å². The lowest BCUT2D eigenvalue weighted by atomic mass is 10.1. The number of carbonyl (C=O) groups is 1. The number of phenolic OH excluding ortho intramolecular Hbond substituents is 1. The van der Waals surface area contributed by atoms with Crippen molar-refractivity contribution in [1.29, 1.82) is 0 Å². The Hall–Kier alpha value is -1.89. The largest absolute Gasteiger partial charge is 0.507 e. The van der Waals surface area contributed by atoms with Gasteiger partial charge >= 0.3 is 0 Å². The average Bonchev–Trinajstić information content (AvgIpc) is 2.70. The molecule has 0 atom stereocenters. The number of carbonyl (C=O) groups excluding carboxylic acids is 1. The van der Waals surface area contributed by atoms with Gasteiger partial charge in [0.1, 0.15) is 11.4 Å². The number of benzene rings is 1. The number of nitrogens with one attached hydrogen (secondary N) is 1. The number of H-pyrrole nitrogens is 1. The van der Waals surface area contributed by atoms with Crippen molar-refractivity contribution in [3.63, 3.8) is 0 Å². The van der Waals surface area contributed by atoms with E-state index < -0.39 is 5.91 Å². The maximum Gasteiger partial charge on any atom is 0.271 e. The zero-order chi connectivity index (χ0) is 11.7. The van der Waals surface area contributed by atoms with Crippen molar-refractivity contribution < 1.29 is 9.90 Å². The first kappa shape index (κ1) is 10.6. The molecule has 1 heterocycles. The molecule has 0 aliphatic rings. The predicted octanol–water partition coefficient (Wildman–Crippen LogP) is 1.04. The Bertz CT molecular complexity index is 552. The van der Waals surface area contributed by atoms with Crippen LogP contribution in [-0.2, 0) is 0 Å². The van der Waals surface area contributed by atoms with Gasteiger partial charge in [0.25, 0.3) is 5.91 Å². The van der Waals surface area contributed by atoms with Crippen molar-refractivity contribution in [1.82, 2.24) is 15.4 Å². The van der Waals surface area contributed by atoms with Gasteiger partial charge in [-0.3, -0.25) is 4.79 Å². The molecule has 2 aromatic rings. The van der Waals surface area contributed by atoms with E-state index in [-0.39, 0.29) is 17.1 Å². The highest BCUT2D eigenvalue weighted by Gasteiger charge is 2.17. The van der Waals surface area contributed by atoms with Gasteiger partial charge in [-0.1, -0.05) is 15.9 Å². The smallest absolute Gasteiger partial charge is 0.271 e. The molecular weight excluding hydrogens is 276 g/mol. The molecular formula is C9H7BrN4O2.